The standard InChI is InChI=1S/C22H22N4O3/c1-3-28-20-10-7-14(13-19(20)23-2)22-25-21(26-29-22)17-6-4-5-16-15(17)8-9-18(16)24-11-12-27/h4-7,10,13,18,24,27H,3,8-9,11-12H2,1H3. The third-order valence-electron chi connectivity index (χ3n) is 5.07. The van der Waals surface area contributed by atoms with Gasteiger partial charge in [0, 0.05) is 23.7 Å². The molecule has 2 N–H and O–H groups in total. The molecule has 3 aromatic rings. The van der Waals surface area contributed by atoms with Crippen LogP contribution in [0.1, 0.15) is 30.5 Å². The molecule has 1 aliphatic rings. The number of ether oxygens (including phenoxy) is 1. The fraction of sp³-hybridized carbons (Fsp3) is 0.318. The zero-order chi connectivity index (χ0) is 20.2. The number of nitrogens with zero attached hydrogens (tertiary/aromatic N) is 3. The van der Waals surface area contributed by atoms with Crippen molar-refractivity contribution in [3.63, 3.8) is 0 Å². The summed E-state index contributed by atoms with van der Waals surface area (Å²) in [5, 5.41) is 16.6. The first kappa shape index (κ1) is 19.1. The number of nitrogens with one attached hydrogen (secondary N) is 1. The van der Waals surface area contributed by atoms with E-state index in [0.29, 0.717) is 41.9 Å². The number of aliphatic hydroxyl groups is 1. The highest BCUT2D eigenvalue weighted by molar-refractivity contribution is 5.70. The second kappa shape index (κ2) is 8.43. The van der Waals surface area contributed by atoms with Crippen LogP contribution >= 0.6 is 0 Å². The molecule has 0 spiro atoms. The molecule has 1 heterocycles. The molecular formula is C22H22N4O3. The fourth-order valence-corrected chi connectivity index (χ4v) is 3.78. The number of hydrogen-bond acceptors (Lipinski definition) is 6. The minimum Gasteiger partial charge on any atom is -0.505 e. The van der Waals surface area contributed by atoms with Gasteiger partial charge in [-0.3, -0.25) is 0 Å². The molecule has 0 bridgehead atoms. The molecule has 4 rings (SSSR count). The maximum absolute atomic E-state index is 9.08. The SMILES string of the molecule is [C-]#[N+]c1cc(-c2nc(-c3cccc4c3CCC4NCCO)no2)ccc1OCC. The second-order valence-corrected chi connectivity index (χ2v) is 6.79. The van der Waals surface area contributed by atoms with E-state index < -0.39 is 0 Å². The van der Waals surface area contributed by atoms with Gasteiger partial charge < -0.3 is 19.7 Å². The summed E-state index contributed by atoms with van der Waals surface area (Å²) in [6, 6.07) is 11.6. The lowest BCUT2D eigenvalue weighted by atomic mass is 10.0. The van der Waals surface area contributed by atoms with Crippen LogP contribution in [0.2, 0.25) is 0 Å². The molecular weight excluding hydrogens is 368 g/mol. The van der Waals surface area contributed by atoms with Crippen LogP contribution in [0.5, 0.6) is 5.75 Å². The number of fused-ring (bicyclic) bond motifs is 1. The summed E-state index contributed by atoms with van der Waals surface area (Å²) < 4.78 is 11.0. The van der Waals surface area contributed by atoms with Crippen LogP contribution in [0, 0.1) is 6.57 Å². The fourth-order valence-electron chi connectivity index (χ4n) is 3.78. The van der Waals surface area contributed by atoms with Crippen LogP contribution in [0.3, 0.4) is 0 Å². The van der Waals surface area contributed by atoms with Gasteiger partial charge in [-0.05, 0) is 49.1 Å². The molecule has 2 aromatic carbocycles. The van der Waals surface area contributed by atoms with Crippen molar-refractivity contribution in [1.82, 2.24) is 15.5 Å². The van der Waals surface area contributed by atoms with E-state index in [9.17, 15) is 0 Å². The summed E-state index contributed by atoms with van der Waals surface area (Å²) in [4.78, 5) is 8.12. The highest BCUT2D eigenvalue weighted by atomic mass is 16.5. The predicted octanol–water partition coefficient (Wildman–Crippen LogP) is 3.92. The van der Waals surface area contributed by atoms with Gasteiger partial charge >= 0.3 is 0 Å². The molecule has 29 heavy (non-hydrogen) atoms. The van der Waals surface area contributed by atoms with Crippen molar-refractivity contribution in [2.24, 2.45) is 0 Å². The van der Waals surface area contributed by atoms with Crippen molar-refractivity contribution in [1.29, 1.82) is 0 Å². The lowest BCUT2D eigenvalue weighted by molar-refractivity contribution is 0.284. The number of benzene rings is 2. The summed E-state index contributed by atoms with van der Waals surface area (Å²) in [5.41, 5.74) is 4.50. The quantitative estimate of drug-likeness (QED) is 0.595. The molecule has 0 radical (unpaired) electrons. The molecule has 0 saturated heterocycles. The Kier molecular flexibility index (Phi) is 5.56. The van der Waals surface area contributed by atoms with Crippen LogP contribution in [0.15, 0.2) is 40.9 Å². The van der Waals surface area contributed by atoms with E-state index in [2.05, 4.69) is 26.4 Å². The van der Waals surface area contributed by atoms with Crippen LogP contribution in [-0.2, 0) is 6.42 Å². The smallest absolute Gasteiger partial charge is 0.256 e. The minimum atomic E-state index is 0.119. The topological polar surface area (TPSA) is 84.8 Å². The van der Waals surface area contributed by atoms with Gasteiger partial charge in [0.05, 0.1) is 19.8 Å². The molecule has 1 aliphatic carbocycles. The van der Waals surface area contributed by atoms with Crippen molar-refractivity contribution in [2.75, 3.05) is 19.8 Å². The Labute approximate surface area is 169 Å². The first-order valence-corrected chi connectivity index (χ1v) is 9.70. The Morgan fingerprint density at radius 2 is 2.24 bits per heavy atom. The van der Waals surface area contributed by atoms with Crippen molar-refractivity contribution < 1.29 is 14.4 Å². The third kappa shape index (κ3) is 3.73. The summed E-state index contributed by atoms with van der Waals surface area (Å²) in [6.45, 7) is 10.4. The maximum Gasteiger partial charge on any atom is 0.256 e. The first-order chi connectivity index (χ1) is 14.2. The van der Waals surface area contributed by atoms with E-state index in [0.717, 1.165) is 18.4 Å². The highest BCUT2D eigenvalue weighted by Gasteiger charge is 2.26. The molecule has 7 nitrogen and oxygen atoms in total. The van der Waals surface area contributed by atoms with E-state index in [1.807, 2.05) is 25.1 Å². The number of rotatable bonds is 7. The summed E-state index contributed by atoms with van der Waals surface area (Å²) >= 11 is 0. The summed E-state index contributed by atoms with van der Waals surface area (Å²) in [7, 11) is 0. The Hall–Kier alpha value is -3.21. The number of aliphatic hydroxyl groups excluding tert-OH is 1. The van der Waals surface area contributed by atoms with E-state index in [1.54, 1.807) is 12.1 Å². The molecule has 0 aliphatic heterocycles. The van der Waals surface area contributed by atoms with Crippen LogP contribution in [-0.4, -0.2) is 35.0 Å². The van der Waals surface area contributed by atoms with E-state index in [1.165, 1.54) is 11.1 Å². The number of hydrogen-bond donors (Lipinski definition) is 2. The number of aromatic nitrogens is 2. The molecule has 7 heteroatoms. The lowest BCUT2D eigenvalue weighted by Gasteiger charge is -2.13. The van der Waals surface area contributed by atoms with E-state index >= 15 is 0 Å². The summed E-state index contributed by atoms with van der Waals surface area (Å²) in [5.74, 6) is 1.46. The summed E-state index contributed by atoms with van der Waals surface area (Å²) in [6.07, 6.45) is 1.90. The average Bonchev–Trinajstić information content (AvgIpc) is 3.40. The third-order valence-corrected chi connectivity index (χ3v) is 5.07. The van der Waals surface area contributed by atoms with Gasteiger partial charge in [0.15, 0.2) is 0 Å². The average molecular weight is 390 g/mol. The van der Waals surface area contributed by atoms with Crippen molar-refractivity contribution in [2.45, 2.75) is 25.8 Å². The van der Waals surface area contributed by atoms with Gasteiger partial charge in [0.2, 0.25) is 11.5 Å². The van der Waals surface area contributed by atoms with Crippen LogP contribution in [0.25, 0.3) is 27.7 Å². The molecule has 148 valence electrons. The highest BCUT2D eigenvalue weighted by Crippen LogP contribution is 2.38. The zero-order valence-electron chi connectivity index (χ0n) is 16.2. The lowest BCUT2D eigenvalue weighted by Crippen LogP contribution is -2.22. The van der Waals surface area contributed by atoms with Gasteiger partial charge in [-0.1, -0.05) is 23.4 Å². The first-order valence-electron chi connectivity index (χ1n) is 9.70. The zero-order valence-corrected chi connectivity index (χ0v) is 16.2. The second-order valence-electron chi connectivity index (χ2n) is 6.79. The van der Waals surface area contributed by atoms with Gasteiger partial charge in [-0.15, -0.1) is 0 Å². The van der Waals surface area contributed by atoms with Crippen molar-refractivity contribution in [3.05, 3.63) is 58.9 Å². The molecule has 1 aromatic heterocycles. The van der Waals surface area contributed by atoms with E-state index in [4.69, 9.17) is 20.9 Å². The van der Waals surface area contributed by atoms with E-state index in [-0.39, 0.29) is 12.6 Å². The van der Waals surface area contributed by atoms with Crippen LogP contribution in [0.4, 0.5) is 5.69 Å². The molecule has 1 atom stereocenters. The Bertz CT molecular complexity index is 1050. The largest absolute Gasteiger partial charge is 0.505 e. The van der Waals surface area contributed by atoms with Gasteiger partial charge in [0.1, 0.15) is 5.75 Å². The predicted molar refractivity (Wildman–Crippen MR) is 109 cm³/mol. The van der Waals surface area contributed by atoms with Crippen molar-refractivity contribution >= 4 is 5.69 Å². The Morgan fingerprint density at radius 1 is 1.34 bits per heavy atom. The van der Waals surface area contributed by atoms with Crippen molar-refractivity contribution in [3.8, 4) is 28.6 Å². The monoisotopic (exact) mass is 390 g/mol. The molecule has 0 amide bonds. The van der Waals surface area contributed by atoms with Crippen LogP contribution < -0.4 is 10.1 Å². The molecule has 0 saturated carbocycles. The van der Waals surface area contributed by atoms with Gasteiger partial charge in [-0.25, -0.2) is 4.85 Å². The van der Waals surface area contributed by atoms with Gasteiger partial charge in [0.25, 0.3) is 5.89 Å². The van der Waals surface area contributed by atoms with Gasteiger partial charge in [-0.2, -0.15) is 4.98 Å². The molecule has 0 fully saturated rings. The normalized spacial score (nSPS) is 15.1. The maximum atomic E-state index is 9.08. The Balaban J connectivity index is 1.64. The Morgan fingerprint density at radius 3 is 3.03 bits per heavy atom. The minimum absolute atomic E-state index is 0.119. The molecule has 1 unspecified atom stereocenters.